The van der Waals surface area contributed by atoms with Crippen molar-refractivity contribution >= 4 is 31.7 Å². The van der Waals surface area contributed by atoms with Crippen molar-refractivity contribution in [3.8, 4) is 0 Å². The SMILES string of the molecule is Cc1cc(C)c(S(=O)(=O)O)c(C)c1[N+]1(N)CCC(Br)CC1N. The van der Waals surface area contributed by atoms with Crippen molar-refractivity contribution in [2.45, 2.75) is 49.5 Å². The fraction of sp³-hybridized carbons (Fsp3) is 0.571. The van der Waals surface area contributed by atoms with Gasteiger partial charge in [0.1, 0.15) is 11.4 Å². The minimum absolute atomic E-state index is 0.0113. The number of quaternary nitrogens is 1. The predicted octanol–water partition coefficient (Wildman–Crippen LogP) is 1.88. The van der Waals surface area contributed by atoms with Crippen LogP contribution in [0.15, 0.2) is 11.0 Å². The molecule has 0 spiro atoms. The third-order valence-corrected chi connectivity index (χ3v) is 6.41. The van der Waals surface area contributed by atoms with Crippen LogP contribution < -0.4 is 16.2 Å². The first-order chi connectivity index (χ1) is 9.98. The lowest BCUT2D eigenvalue weighted by Gasteiger charge is -2.43. The van der Waals surface area contributed by atoms with Gasteiger partial charge in [-0.1, -0.05) is 15.9 Å². The quantitative estimate of drug-likeness (QED) is 0.308. The highest BCUT2D eigenvalue weighted by molar-refractivity contribution is 9.09. The summed E-state index contributed by atoms with van der Waals surface area (Å²) >= 11 is 3.57. The highest BCUT2D eigenvalue weighted by Gasteiger charge is 2.43. The normalized spacial score (nSPS) is 29.6. The molecule has 6 nitrogen and oxygen atoms in total. The van der Waals surface area contributed by atoms with Crippen molar-refractivity contribution in [2.24, 2.45) is 11.6 Å². The van der Waals surface area contributed by atoms with Gasteiger partial charge in [0, 0.05) is 28.8 Å². The van der Waals surface area contributed by atoms with Gasteiger partial charge in [-0.05, 0) is 32.4 Å². The maximum Gasteiger partial charge on any atom is 0.295 e. The van der Waals surface area contributed by atoms with E-state index in [9.17, 15) is 13.0 Å². The van der Waals surface area contributed by atoms with Crippen LogP contribution in [0, 0.1) is 20.8 Å². The Morgan fingerprint density at radius 3 is 2.41 bits per heavy atom. The van der Waals surface area contributed by atoms with Gasteiger partial charge in [0.05, 0.1) is 0 Å². The highest BCUT2D eigenvalue weighted by atomic mass is 79.9. The molecule has 3 unspecified atom stereocenters. The van der Waals surface area contributed by atoms with Crippen LogP contribution in [0.4, 0.5) is 5.69 Å². The van der Waals surface area contributed by atoms with Gasteiger partial charge in [-0.3, -0.25) is 10.3 Å². The molecule has 124 valence electrons. The van der Waals surface area contributed by atoms with E-state index in [2.05, 4.69) is 15.9 Å². The van der Waals surface area contributed by atoms with Crippen molar-refractivity contribution in [2.75, 3.05) is 6.54 Å². The van der Waals surface area contributed by atoms with Gasteiger partial charge in [-0.25, -0.2) is 4.59 Å². The van der Waals surface area contributed by atoms with Gasteiger partial charge >= 0.3 is 0 Å². The second kappa shape index (κ2) is 5.85. The summed E-state index contributed by atoms with van der Waals surface area (Å²) in [5.74, 6) is 6.57. The number of rotatable bonds is 2. The van der Waals surface area contributed by atoms with Gasteiger partial charge in [-0.15, -0.1) is 0 Å². The van der Waals surface area contributed by atoms with Crippen LogP contribution in [0.1, 0.15) is 29.5 Å². The summed E-state index contributed by atoms with van der Waals surface area (Å²) in [6, 6.07) is 1.74. The average molecular weight is 393 g/mol. The van der Waals surface area contributed by atoms with Gasteiger partial charge in [0.15, 0.2) is 11.9 Å². The molecule has 1 aliphatic heterocycles. The van der Waals surface area contributed by atoms with Crippen LogP contribution in [-0.4, -0.2) is 30.5 Å². The molecule has 0 saturated carbocycles. The van der Waals surface area contributed by atoms with Gasteiger partial charge < -0.3 is 0 Å². The van der Waals surface area contributed by atoms with Crippen molar-refractivity contribution in [1.82, 2.24) is 4.59 Å². The maximum absolute atomic E-state index is 11.7. The molecule has 1 fully saturated rings. The van der Waals surface area contributed by atoms with Crippen molar-refractivity contribution in [3.63, 3.8) is 0 Å². The zero-order valence-corrected chi connectivity index (χ0v) is 15.4. The van der Waals surface area contributed by atoms with E-state index in [1.807, 2.05) is 6.92 Å². The molecule has 8 heteroatoms. The summed E-state index contributed by atoms with van der Waals surface area (Å²) in [6.07, 6.45) is 1.20. The van der Waals surface area contributed by atoms with E-state index in [0.29, 0.717) is 34.6 Å². The number of aryl methyl sites for hydroxylation is 2. The van der Waals surface area contributed by atoms with Gasteiger partial charge in [0.25, 0.3) is 10.1 Å². The lowest BCUT2D eigenvalue weighted by Crippen LogP contribution is -2.70. The highest BCUT2D eigenvalue weighted by Crippen LogP contribution is 2.38. The Morgan fingerprint density at radius 2 is 1.91 bits per heavy atom. The number of halogens is 1. The van der Waals surface area contributed by atoms with E-state index in [1.54, 1.807) is 19.9 Å². The van der Waals surface area contributed by atoms with E-state index in [-0.39, 0.29) is 15.7 Å². The standard InChI is InChI=1S/C14H22BrN3O3S/c1-8-6-9(2)14(22(19,20)21)10(3)13(8)18(17)5-4-11(15)7-12(18)16/h6,11-12H,4-5,7,16-17H2,1-3H3/p+1. The largest absolute Gasteiger partial charge is 0.295 e. The number of hydrogen-bond donors (Lipinski definition) is 3. The molecule has 1 aromatic carbocycles. The van der Waals surface area contributed by atoms with E-state index >= 15 is 0 Å². The van der Waals surface area contributed by atoms with E-state index in [0.717, 1.165) is 12.0 Å². The number of hydrogen-bond acceptors (Lipinski definition) is 4. The molecule has 3 atom stereocenters. The van der Waals surface area contributed by atoms with Crippen molar-refractivity contribution in [3.05, 3.63) is 22.8 Å². The fourth-order valence-electron chi connectivity index (χ4n) is 3.56. The molecule has 22 heavy (non-hydrogen) atoms. The zero-order chi connectivity index (χ0) is 16.9. The fourth-order valence-corrected chi connectivity index (χ4v) is 5.10. The van der Waals surface area contributed by atoms with Crippen molar-refractivity contribution in [1.29, 1.82) is 0 Å². The molecule has 0 aliphatic carbocycles. The third-order valence-electron chi connectivity index (χ3n) is 4.44. The van der Waals surface area contributed by atoms with Crippen LogP contribution >= 0.6 is 15.9 Å². The molecule has 0 amide bonds. The molecule has 0 aromatic heterocycles. The average Bonchev–Trinajstić information content (AvgIpc) is 2.32. The van der Waals surface area contributed by atoms with Gasteiger partial charge in [0.2, 0.25) is 0 Å². The number of nitrogens with two attached hydrogens (primary N) is 2. The molecule has 0 bridgehead atoms. The smallest absolute Gasteiger partial charge is 0.282 e. The minimum atomic E-state index is -4.31. The van der Waals surface area contributed by atoms with E-state index in [1.165, 1.54) is 0 Å². The monoisotopic (exact) mass is 392 g/mol. The topological polar surface area (TPSA) is 106 Å². The lowest BCUT2D eigenvalue weighted by atomic mass is 9.98. The Morgan fingerprint density at radius 1 is 1.32 bits per heavy atom. The van der Waals surface area contributed by atoms with Gasteiger partial charge in [-0.2, -0.15) is 14.3 Å². The first-order valence-electron chi connectivity index (χ1n) is 7.13. The van der Waals surface area contributed by atoms with E-state index in [4.69, 9.17) is 11.6 Å². The Kier molecular flexibility index (Phi) is 4.74. The van der Waals surface area contributed by atoms with Crippen LogP contribution in [0.3, 0.4) is 0 Å². The second-order valence-corrected chi connectivity index (χ2v) is 8.78. The number of benzene rings is 1. The molecule has 1 aliphatic rings. The summed E-state index contributed by atoms with van der Waals surface area (Å²) in [4.78, 5) is 0.244. The Hall–Kier alpha value is -0.510. The molecule has 1 saturated heterocycles. The Labute approximate surface area is 139 Å². The summed E-state index contributed by atoms with van der Waals surface area (Å²) in [5, 5.41) is 0. The van der Waals surface area contributed by atoms with Crippen molar-refractivity contribution < 1.29 is 13.0 Å². The Balaban J connectivity index is 2.71. The molecule has 0 radical (unpaired) electrons. The molecular weight excluding hydrogens is 370 g/mol. The molecule has 2 rings (SSSR count). The molecule has 1 aromatic rings. The summed E-state index contributed by atoms with van der Waals surface area (Å²) < 4.78 is 33.0. The minimum Gasteiger partial charge on any atom is -0.282 e. The van der Waals surface area contributed by atoms with Crippen LogP contribution in [0.5, 0.6) is 0 Å². The number of nitrogens with zero attached hydrogens (tertiary/aromatic N) is 1. The number of piperidine rings is 1. The first-order valence-corrected chi connectivity index (χ1v) is 9.49. The molecular formula is C14H23BrN3O3S+. The number of alkyl halides is 1. The summed E-state index contributed by atoms with van der Waals surface area (Å²) in [6.45, 7) is 5.84. The molecule has 1 heterocycles. The van der Waals surface area contributed by atoms with Crippen LogP contribution in [-0.2, 0) is 10.1 Å². The predicted molar refractivity (Wildman–Crippen MR) is 91.2 cm³/mol. The molecule has 5 N–H and O–H groups in total. The summed E-state index contributed by atoms with van der Waals surface area (Å²) in [5.41, 5.74) is 8.83. The zero-order valence-electron chi connectivity index (χ0n) is 13.0. The first kappa shape index (κ1) is 17.8. The Bertz CT molecular complexity index is 708. The van der Waals surface area contributed by atoms with E-state index < -0.39 is 10.1 Å². The van der Waals surface area contributed by atoms with Crippen LogP contribution in [0.2, 0.25) is 0 Å². The lowest BCUT2D eigenvalue weighted by molar-refractivity contribution is 0.160. The summed E-state index contributed by atoms with van der Waals surface area (Å²) in [7, 11) is -4.31. The second-order valence-electron chi connectivity index (χ2n) is 6.13. The maximum atomic E-state index is 11.7. The third kappa shape index (κ3) is 2.95. The van der Waals surface area contributed by atoms with Crippen LogP contribution in [0.25, 0.3) is 0 Å².